The SMILES string of the molecule is CC(=O)Nc1ccccc1OCC(=O)c1cc(Cl)sc1Cl. The molecule has 0 bridgehead atoms. The number of Topliss-reactive ketones (excluding diaryl/α,β-unsaturated/α-hetero) is 1. The number of thiophene rings is 1. The summed E-state index contributed by atoms with van der Waals surface area (Å²) in [6.07, 6.45) is 0. The van der Waals surface area contributed by atoms with Gasteiger partial charge in [0.25, 0.3) is 0 Å². The van der Waals surface area contributed by atoms with Crippen LogP contribution in [0.5, 0.6) is 5.75 Å². The zero-order valence-electron chi connectivity index (χ0n) is 11.0. The van der Waals surface area contributed by atoms with Crippen LogP contribution in [0.15, 0.2) is 30.3 Å². The van der Waals surface area contributed by atoms with Crippen molar-refractivity contribution in [1.29, 1.82) is 0 Å². The minimum absolute atomic E-state index is 0.191. The van der Waals surface area contributed by atoms with Gasteiger partial charge in [-0.25, -0.2) is 0 Å². The maximum atomic E-state index is 12.0. The topological polar surface area (TPSA) is 55.4 Å². The van der Waals surface area contributed by atoms with Gasteiger partial charge in [-0.3, -0.25) is 9.59 Å². The number of benzene rings is 1. The summed E-state index contributed by atoms with van der Waals surface area (Å²) in [4.78, 5) is 23.1. The number of halogens is 2. The van der Waals surface area contributed by atoms with E-state index in [0.29, 0.717) is 25.7 Å². The van der Waals surface area contributed by atoms with Gasteiger partial charge < -0.3 is 10.1 Å². The average Bonchev–Trinajstić information content (AvgIpc) is 2.76. The summed E-state index contributed by atoms with van der Waals surface area (Å²) in [6.45, 7) is 1.21. The van der Waals surface area contributed by atoms with Crippen molar-refractivity contribution in [1.82, 2.24) is 0 Å². The third kappa shape index (κ3) is 4.20. The molecule has 1 aromatic carbocycles. The molecule has 1 N–H and O–H groups in total. The molecule has 0 atom stereocenters. The zero-order chi connectivity index (χ0) is 15.4. The highest BCUT2D eigenvalue weighted by Gasteiger charge is 2.15. The molecule has 0 saturated heterocycles. The first-order valence-corrected chi connectivity index (χ1v) is 7.52. The molecule has 0 unspecified atom stereocenters. The molecule has 7 heteroatoms. The lowest BCUT2D eigenvalue weighted by Crippen LogP contribution is -2.13. The van der Waals surface area contributed by atoms with Crippen LogP contribution >= 0.6 is 34.5 Å². The van der Waals surface area contributed by atoms with Gasteiger partial charge in [-0.15, -0.1) is 11.3 Å². The number of ether oxygens (including phenoxy) is 1. The first-order chi connectivity index (χ1) is 9.97. The lowest BCUT2D eigenvalue weighted by atomic mass is 10.2. The lowest BCUT2D eigenvalue weighted by molar-refractivity contribution is -0.114. The van der Waals surface area contributed by atoms with Crippen LogP contribution in [0.2, 0.25) is 8.67 Å². The Balaban J connectivity index is 2.08. The minimum Gasteiger partial charge on any atom is -0.483 e. The number of hydrogen-bond acceptors (Lipinski definition) is 4. The van der Waals surface area contributed by atoms with E-state index in [4.69, 9.17) is 27.9 Å². The molecule has 1 amide bonds. The van der Waals surface area contributed by atoms with Crippen LogP contribution in [-0.2, 0) is 4.79 Å². The van der Waals surface area contributed by atoms with Gasteiger partial charge >= 0.3 is 0 Å². The van der Waals surface area contributed by atoms with E-state index in [2.05, 4.69) is 5.32 Å². The summed E-state index contributed by atoms with van der Waals surface area (Å²) in [5, 5.41) is 2.63. The number of nitrogens with one attached hydrogen (secondary N) is 1. The van der Waals surface area contributed by atoms with Gasteiger partial charge in [0.05, 0.1) is 15.6 Å². The van der Waals surface area contributed by atoms with E-state index in [1.54, 1.807) is 24.3 Å². The highest BCUT2D eigenvalue weighted by Crippen LogP contribution is 2.31. The number of para-hydroxylation sites is 2. The normalized spacial score (nSPS) is 10.2. The van der Waals surface area contributed by atoms with Gasteiger partial charge in [0, 0.05) is 6.92 Å². The number of carbonyl (C=O) groups excluding carboxylic acids is 2. The predicted molar refractivity (Wildman–Crippen MR) is 84.9 cm³/mol. The van der Waals surface area contributed by atoms with E-state index in [0.717, 1.165) is 11.3 Å². The maximum absolute atomic E-state index is 12.0. The predicted octanol–water partition coefficient (Wildman–Crippen LogP) is 4.28. The fourth-order valence-corrected chi connectivity index (χ4v) is 3.14. The molecule has 1 aromatic heterocycles. The minimum atomic E-state index is -0.277. The van der Waals surface area contributed by atoms with E-state index in [1.807, 2.05) is 0 Å². The standard InChI is InChI=1S/C14H11Cl2NO3S/c1-8(18)17-10-4-2-3-5-12(10)20-7-11(19)9-6-13(15)21-14(9)16/h2-6H,7H2,1H3,(H,17,18). The van der Waals surface area contributed by atoms with Crippen molar-refractivity contribution in [3.63, 3.8) is 0 Å². The van der Waals surface area contributed by atoms with Gasteiger partial charge in [0.2, 0.25) is 11.7 Å². The molecule has 4 nitrogen and oxygen atoms in total. The third-order valence-electron chi connectivity index (χ3n) is 2.51. The first kappa shape index (κ1) is 15.8. The molecule has 0 aliphatic rings. The highest BCUT2D eigenvalue weighted by atomic mass is 35.5. The summed E-state index contributed by atoms with van der Waals surface area (Å²) in [6, 6.07) is 8.38. The van der Waals surface area contributed by atoms with Crippen LogP contribution in [0, 0.1) is 0 Å². The van der Waals surface area contributed by atoms with Crippen LogP contribution in [0.4, 0.5) is 5.69 Å². The van der Waals surface area contributed by atoms with Crippen LogP contribution < -0.4 is 10.1 Å². The maximum Gasteiger partial charge on any atom is 0.221 e. The summed E-state index contributed by atoms with van der Waals surface area (Å²) in [5.41, 5.74) is 0.843. The Bertz CT molecular complexity index is 685. The molecule has 1 heterocycles. The zero-order valence-corrected chi connectivity index (χ0v) is 13.3. The Labute approximate surface area is 135 Å². The van der Waals surface area contributed by atoms with Crippen LogP contribution in [-0.4, -0.2) is 18.3 Å². The second-order valence-corrected chi connectivity index (χ2v) is 6.41. The number of carbonyl (C=O) groups is 2. The van der Waals surface area contributed by atoms with Gasteiger partial charge in [0.1, 0.15) is 10.1 Å². The Morgan fingerprint density at radius 2 is 2.00 bits per heavy atom. The van der Waals surface area contributed by atoms with Crippen molar-refractivity contribution >= 4 is 51.9 Å². The van der Waals surface area contributed by atoms with Crippen LogP contribution in [0.1, 0.15) is 17.3 Å². The lowest BCUT2D eigenvalue weighted by Gasteiger charge is -2.10. The van der Waals surface area contributed by atoms with Gasteiger partial charge in [0.15, 0.2) is 6.61 Å². The molecule has 0 fully saturated rings. The van der Waals surface area contributed by atoms with Crippen molar-refractivity contribution < 1.29 is 14.3 Å². The fourth-order valence-electron chi connectivity index (χ4n) is 1.64. The quantitative estimate of drug-likeness (QED) is 0.824. The van der Waals surface area contributed by atoms with Crippen molar-refractivity contribution in [3.05, 3.63) is 44.6 Å². The van der Waals surface area contributed by atoms with Crippen molar-refractivity contribution in [2.45, 2.75) is 6.92 Å². The van der Waals surface area contributed by atoms with Crippen LogP contribution in [0.25, 0.3) is 0 Å². The number of anilines is 1. The molecule has 0 aliphatic heterocycles. The first-order valence-electron chi connectivity index (χ1n) is 5.95. The van der Waals surface area contributed by atoms with E-state index < -0.39 is 0 Å². The molecule has 110 valence electrons. The van der Waals surface area contributed by atoms with E-state index in [9.17, 15) is 9.59 Å². The third-order valence-corrected chi connectivity index (χ3v) is 4.00. The second-order valence-electron chi connectivity index (χ2n) is 4.13. The Kier molecular flexibility index (Phi) is 5.22. The summed E-state index contributed by atoms with van der Waals surface area (Å²) >= 11 is 12.9. The number of ketones is 1. The average molecular weight is 344 g/mol. The molecular formula is C14H11Cl2NO3S. The number of amides is 1. The summed E-state index contributed by atoms with van der Waals surface area (Å²) < 4.78 is 6.24. The molecule has 0 spiro atoms. The molecular weight excluding hydrogens is 333 g/mol. The van der Waals surface area contributed by atoms with E-state index in [1.165, 1.54) is 13.0 Å². The van der Waals surface area contributed by atoms with Gasteiger partial charge in [-0.2, -0.15) is 0 Å². The van der Waals surface area contributed by atoms with E-state index >= 15 is 0 Å². The molecule has 0 saturated carbocycles. The molecule has 21 heavy (non-hydrogen) atoms. The molecule has 2 rings (SSSR count). The van der Waals surface area contributed by atoms with Crippen molar-refractivity contribution in [3.8, 4) is 5.75 Å². The summed E-state index contributed by atoms with van der Waals surface area (Å²) in [5.74, 6) is -0.0793. The molecule has 2 aromatic rings. The number of hydrogen-bond donors (Lipinski definition) is 1. The Morgan fingerprint density at radius 1 is 1.29 bits per heavy atom. The van der Waals surface area contributed by atoms with Crippen LogP contribution in [0.3, 0.4) is 0 Å². The highest BCUT2D eigenvalue weighted by molar-refractivity contribution is 7.20. The Hall–Kier alpha value is -1.56. The molecule has 0 radical (unpaired) electrons. The summed E-state index contributed by atoms with van der Waals surface area (Å²) in [7, 11) is 0. The fraction of sp³-hybridized carbons (Fsp3) is 0.143. The smallest absolute Gasteiger partial charge is 0.221 e. The monoisotopic (exact) mass is 343 g/mol. The van der Waals surface area contributed by atoms with E-state index in [-0.39, 0.29) is 18.3 Å². The molecule has 0 aliphatic carbocycles. The van der Waals surface area contributed by atoms with Gasteiger partial charge in [-0.05, 0) is 18.2 Å². The largest absolute Gasteiger partial charge is 0.483 e. The Morgan fingerprint density at radius 3 is 2.62 bits per heavy atom. The van der Waals surface area contributed by atoms with Gasteiger partial charge in [-0.1, -0.05) is 35.3 Å². The number of rotatable bonds is 5. The second kappa shape index (κ2) is 6.93. The van der Waals surface area contributed by atoms with Crippen molar-refractivity contribution in [2.24, 2.45) is 0 Å². The van der Waals surface area contributed by atoms with Crippen molar-refractivity contribution in [2.75, 3.05) is 11.9 Å².